The van der Waals surface area contributed by atoms with E-state index in [0.717, 1.165) is 25.9 Å². The Morgan fingerprint density at radius 1 is 0.550 bits per heavy atom. The third-order valence-corrected chi connectivity index (χ3v) is 7.15. The molecule has 0 aliphatic carbocycles. The number of rotatable bonds is 14. The summed E-state index contributed by atoms with van der Waals surface area (Å²) < 4.78 is 0. The molecule has 0 saturated heterocycles. The summed E-state index contributed by atoms with van der Waals surface area (Å²) in [5, 5.41) is 7.37. The topological polar surface area (TPSA) is 24.1 Å². The van der Waals surface area contributed by atoms with Crippen LogP contribution in [0.2, 0.25) is 0 Å². The van der Waals surface area contributed by atoms with Gasteiger partial charge in [-0.05, 0) is 102 Å². The molecular weight excluding hydrogens is 484 g/mol. The molecule has 0 spiro atoms. The Morgan fingerprint density at radius 3 is 1.10 bits per heavy atom. The maximum atomic E-state index is 3.69. The molecule has 2 aromatic rings. The Bertz CT molecular complexity index is 903. The van der Waals surface area contributed by atoms with E-state index in [4.69, 9.17) is 0 Å². The summed E-state index contributed by atoms with van der Waals surface area (Å²) >= 11 is 0. The molecule has 0 heterocycles. The number of allylic oxidation sites excluding steroid dienone is 2. The highest BCUT2D eigenvalue weighted by molar-refractivity contribution is 5.25. The van der Waals surface area contributed by atoms with Crippen LogP contribution in [0.1, 0.15) is 116 Å². The fraction of sp³-hybridized carbons (Fsp3) is 0.579. The average Bonchev–Trinajstić information content (AvgIpc) is 2.86. The molecule has 0 aliphatic heterocycles. The number of hydrogen-bond acceptors (Lipinski definition) is 2. The summed E-state index contributed by atoms with van der Waals surface area (Å²) in [6.07, 6.45) is 7.04. The fourth-order valence-electron chi connectivity index (χ4n) is 4.82. The first-order valence-corrected chi connectivity index (χ1v) is 15.7. The van der Waals surface area contributed by atoms with Crippen LogP contribution in [0.15, 0.2) is 71.8 Å². The minimum absolute atomic E-state index is 0.471. The number of aryl methyl sites for hydroxylation is 2. The van der Waals surface area contributed by atoms with Crippen molar-refractivity contribution in [1.82, 2.24) is 10.6 Å². The van der Waals surface area contributed by atoms with Crippen molar-refractivity contribution in [2.24, 2.45) is 11.8 Å². The molecule has 2 aromatic carbocycles. The largest absolute Gasteiger partial charge is 0.310 e. The minimum Gasteiger partial charge on any atom is -0.310 e. The Balaban J connectivity index is 0.000000400. The van der Waals surface area contributed by atoms with Crippen LogP contribution in [0.5, 0.6) is 0 Å². The Labute approximate surface area is 249 Å². The summed E-state index contributed by atoms with van der Waals surface area (Å²) in [7, 11) is 0. The van der Waals surface area contributed by atoms with Crippen LogP contribution >= 0.6 is 0 Å². The highest BCUT2D eigenvalue weighted by atomic mass is 14.9. The zero-order valence-electron chi connectivity index (χ0n) is 28.1. The number of benzene rings is 2. The van der Waals surface area contributed by atoms with E-state index in [9.17, 15) is 0 Å². The lowest BCUT2D eigenvalue weighted by Crippen LogP contribution is -2.32. The molecule has 0 bridgehead atoms. The van der Waals surface area contributed by atoms with E-state index < -0.39 is 0 Å². The first-order valence-electron chi connectivity index (χ1n) is 15.7. The lowest BCUT2D eigenvalue weighted by molar-refractivity contribution is 0.468. The predicted molar refractivity (Wildman–Crippen MR) is 181 cm³/mol. The van der Waals surface area contributed by atoms with E-state index in [1.807, 2.05) is 0 Å². The standard InChI is InChI=1S/2C19H31N/c2*1-14(2)11-19(20-13-15(3)4)12-17(6)18-9-7-16(5)8-10-18/h2*7-11,15,17,19-20H,12-13H2,1-6H3/t17-,19?;/m0./s1. The predicted octanol–water partition coefficient (Wildman–Crippen LogP) is 10.1. The van der Waals surface area contributed by atoms with E-state index in [-0.39, 0.29) is 0 Å². The van der Waals surface area contributed by atoms with E-state index in [2.05, 4.69) is 154 Å². The van der Waals surface area contributed by atoms with Crippen molar-refractivity contribution in [2.45, 2.75) is 120 Å². The third kappa shape index (κ3) is 16.2. The van der Waals surface area contributed by atoms with Crippen LogP contribution in [0.4, 0.5) is 0 Å². The molecule has 0 aromatic heterocycles. The van der Waals surface area contributed by atoms with Gasteiger partial charge in [0, 0.05) is 12.1 Å². The monoisotopic (exact) mass is 546 g/mol. The zero-order valence-corrected chi connectivity index (χ0v) is 28.1. The molecule has 2 nitrogen and oxygen atoms in total. The van der Waals surface area contributed by atoms with Crippen molar-refractivity contribution in [3.8, 4) is 0 Å². The zero-order chi connectivity index (χ0) is 30.2. The van der Waals surface area contributed by atoms with Gasteiger partial charge in [0.2, 0.25) is 0 Å². The van der Waals surface area contributed by atoms with Crippen molar-refractivity contribution in [2.75, 3.05) is 13.1 Å². The average molecular weight is 547 g/mol. The first kappa shape index (κ1) is 35.9. The molecule has 0 fully saturated rings. The Hall–Kier alpha value is -2.16. The Kier molecular flexibility index (Phi) is 17.1. The Morgan fingerprint density at radius 2 is 0.850 bits per heavy atom. The van der Waals surface area contributed by atoms with Crippen LogP contribution in [-0.2, 0) is 0 Å². The van der Waals surface area contributed by atoms with Crippen molar-refractivity contribution < 1.29 is 0 Å². The van der Waals surface area contributed by atoms with Crippen molar-refractivity contribution in [3.05, 3.63) is 94.1 Å². The molecule has 2 N–H and O–H groups in total. The van der Waals surface area contributed by atoms with E-state index in [1.165, 1.54) is 33.4 Å². The lowest BCUT2D eigenvalue weighted by atomic mass is 9.92. The molecule has 4 atom stereocenters. The SMILES string of the molecule is CC(C)=CC(CC(C)c1ccc(C)cc1)NCC(C)C.CC(C)=CC(C[C@H](C)c1ccc(C)cc1)NCC(C)C. The third-order valence-electron chi connectivity index (χ3n) is 7.15. The van der Waals surface area contributed by atoms with Gasteiger partial charge in [-0.2, -0.15) is 0 Å². The summed E-state index contributed by atoms with van der Waals surface area (Å²) in [5.41, 5.74) is 8.33. The molecule has 2 rings (SSSR count). The summed E-state index contributed by atoms with van der Waals surface area (Å²) in [6.45, 7) is 28.9. The van der Waals surface area contributed by atoms with E-state index in [0.29, 0.717) is 35.8 Å². The molecule has 0 amide bonds. The van der Waals surface area contributed by atoms with Crippen molar-refractivity contribution >= 4 is 0 Å². The molecule has 224 valence electrons. The minimum atomic E-state index is 0.471. The van der Waals surface area contributed by atoms with Gasteiger partial charge in [0.15, 0.2) is 0 Å². The second kappa shape index (κ2) is 19.1. The maximum absolute atomic E-state index is 3.69. The van der Waals surface area contributed by atoms with E-state index >= 15 is 0 Å². The van der Waals surface area contributed by atoms with Gasteiger partial charge in [-0.3, -0.25) is 0 Å². The normalized spacial score (nSPS) is 14.2. The van der Waals surface area contributed by atoms with Gasteiger partial charge >= 0.3 is 0 Å². The molecule has 0 aliphatic rings. The summed E-state index contributed by atoms with van der Waals surface area (Å²) in [4.78, 5) is 0. The molecule has 40 heavy (non-hydrogen) atoms. The van der Waals surface area contributed by atoms with Gasteiger partial charge in [-0.25, -0.2) is 0 Å². The van der Waals surface area contributed by atoms with Crippen molar-refractivity contribution in [3.63, 3.8) is 0 Å². The summed E-state index contributed by atoms with van der Waals surface area (Å²) in [6, 6.07) is 18.9. The molecule has 0 radical (unpaired) electrons. The van der Waals surface area contributed by atoms with Gasteiger partial charge < -0.3 is 10.6 Å². The lowest BCUT2D eigenvalue weighted by Gasteiger charge is -2.22. The van der Waals surface area contributed by atoms with Gasteiger partial charge in [0.25, 0.3) is 0 Å². The molecule has 0 saturated carbocycles. The van der Waals surface area contributed by atoms with Gasteiger partial charge in [0.05, 0.1) is 0 Å². The highest BCUT2D eigenvalue weighted by Gasteiger charge is 2.14. The maximum Gasteiger partial charge on any atom is 0.0258 e. The van der Waals surface area contributed by atoms with Crippen LogP contribution in [0.3, 0.4) is 0 Å². The highest BCUT2D eigenvalue weighted by Crippen LogP contribution is 2.23. The second-order valence-corrected chi connectivity index (χ2v) is 13.4. The van der Waals surface area contributed by atoms with Gasteiger partial charge in [-0.1, -0.05) is 124 Å². The first-order chi connectivity index (χ1) is 18.8. The van der Waals surface area contributed by atoms with Crippen LogP contribution in [0.25, 0.3) is 0 Å². The fourth-order valence-corrected chi connectivity index (χ4v) is 4.82. The smallest absolute Gasteiger partial charge is 0.0258 e. The van der Waals surface area contributed by atoms with Crippen LogP contribution < -0.4 is 10.6 Å². The molecule has 3 unspecified atom stereocenters. The number of nitrogens with one attached hydrogen (secondary N) is 2. The van der Waals surface area contributed by atoms with E-state index in [1.54, 1.807) is 0 Å². The number of hydrogen-bond donors (Lipinski definition) is 2. The summed E-state index contributed by atoms with van der Waals surface area (Å²) in [5.74, 6) is 2.54. The second-order valence-electron chi connectivity index (χ2n) is 13.4. The molecular formula is C38H62N2. The van der Waals surface area contributed by atoms with Crippen molar-refractivity contribution in [1.29, 1.82) is 0 Å². The quantitative estimate of drug-likeness (QED) is 0.230. The van der Waals surface area contributed by atoms with Gasteiger partial charge in [-0.15, -0.1) is 0 Å². The molecule has 2 heteroatoms. The van der Waals surface area contributed by atoms with Gasteiger partial charge in [0.1, 0.15) is 0 Å². The van der Waals surface area contributed by atoms with Crippen LogP contribution in [0, 0.1) is 25.7 Å². The van der Waals surface area contributed by atoms with Crippen LogP contribution in [-0.4, -0.2) is 25.2 Å².